The molecule has 1 aromatic rings. The van der Waals surface area contributed by atoms with E-state index in [1.54, 1.807) is 6.20 Å². The lowest BCUT2D eigenvalue weighted by Crippen LogP contribution is -2.39. The zero-order valence-corrected chi connectivity index (χ0v) is 17.1. The van der Waals surface area contributed by atoms with E-state index in [2.05, 4.69) is 27.5 Å². The quantitative estimate of drug-likeness (QED) is 0.222. The minimum atomic E-state index is 0. The van der Waals surface area contributed by atoms with Crippen molar-refractivity contribution in [2.75, 3.05) is 39.5 Å². The van der Waals surface area contributed by atoms with Gasteiger partial charge in [-0.1, -0.05) is 19.4 Å². The van der Waals surface area contributed by atoms with Gasteiger partial charge in [-0.25, -0.2) is 4.99 Å². The number of rotatable bonds is 12. The molecular formula is C17H31IN4O2. The lowest BCUT2D eigenvalue weighted by Gasteiger charge is -2.11. The monoisotopic (exact) mass is 450 g/mol. The van der Waals surface area contributed by atoms with Gasteiger partial charge in [0.25, 0.3) is 0 Å². The molecule has 0 aromatic carbocycles. The minimum absolute atomic E-state index is 0. The molecule has 6 nitrogen and oxygen atoms in total. The highest BCUT2D eigenvalue weighted by atomic mass is 127. The van der Waals surface area contributed by atoms with E-state index < -0.39 is 0 Å². The molecule has 0 atom stereocenters. The summed E-state index contributed by atoms with van der Waals surface area (Å²) in [5, 5.41) is 6.46. The van der Waals surface area contributed by atoms with Gasteiger partial charge < -0.3 is 20.1 Å². The molecule has 0 radical (unpaired) electrons. The Balaban J connectivity index is 0.00000529. The van der Waals surface area contributed by atoms with E-state index in [9.17, 15) is 0 Å². The molecule has 0 amide bonds. The number of halogens is 1. The molecule has 2 N–H and O–H groups in total. The fourth-order valence-corrected chi connectivity index (χ4v) is 1.80. The first-order valence-corrected chi connectivity index (χ1v) is 8.44. The van der Waals surface area contributed by atoms with Crippen molar-refractivity contribution in [1.29, 1.82) is 0 Å². The van der Waals surface area contributed by atoms with Crippen LogP contribution < -0.4 is 10.6 Å². The topological polar surface area (TPSA) is 67.8 Å². The van der Waals surface area contributed by atoms with Crippen LogP contribution in [0.1, 0.15) is 32.4 Å². The van der Waals surface area contributed by atoms with E-state index in [0.29, 0.717) is 32.9 Å². The van der Waals surface area contributed by atoms with Crippen LogP contribution in [0.3, 0.4) is 0 Å². The summed E-state index contributed by atoms with van der Waals surface area (Å²) in [6.45, 7) is 9.03. The largest absolute Gasteiger partial charge is 0.379 e. The highest BCUT2D eigenvalue weighted by Gasteiger charge is 1.98. The maximum Gasteiger partial charge on any atom is 0.191 e. The molecule has 1 rings (SSSR count). The molecule has 0 aliphatic rings. The van der Waals surface area contributed by atoms with Gasteiger partial charge in [-0.15, -0.1) is 24.0 Å². The Morgan fingerprint density at radius 1 is 1.08 bits per heavy atom. The fraction of sp³-hybridized carbons (Fsp3) is 0.647. The van der Waals surface area contributed by atoms with Crippen molar-refractivity contribution in [3.05, 3.63) is 30.1 Å². The zero-order chi connectivity index (χ0) is 16.6. The number of hydrogen-bond acceptors (Lipinski definition) is 4. The molecule has 0 saturated heterocycles. The number of aliphatic imine (C=N–C) groups is 1. The van der Waals surface area contributed by atoms with Crippen LogP contribution in [-0.4, -0.2) is 50.5 Å². The number of nitrogens with zero attached hydrogens (tertiary/aromatic N) is 2. The Morgan fingerprint density at radius 3 is 2.54 bits per heavy atom. The number of ether oxygens (including phenoxy) is 2. The summed E-state index contributed by atoms with van der Waals surface area (Å²) in [6, 6.07) is 5.84. The third-order valence-electron chi connectivity index (χ3n) is 3.02. The number of nitrogens with one attached hydrogen (secondary N) is 2. The third-order valence-corrected chi connectivity index (χ3v) is 3.02. The molecule has 0 bridgehead atoms. The number of guanidine groups is 1. The average Bonchev–Trinajstić information content (AvgIpc) is 2.59. The Hall–Kier alpha value is -0.930. The second-order valence-electron chi connectivity index (χ2n) is 5.02. The van der Waals surface area contributed by atoms with Crippen LogP contribution in [0.4, 0.5) is 0 Å². The summed E-state index contributed by atoms with van der Waals surface area (Å²) in [5.41, 5.74) is 0.949. The van der Waals surface area contributed by atoms with E-state index >= 15 is 0 Å². The number of unbranched alkanes of at least 4 members (excludes halogenated alkanes) is 1. The molecule has 7 heteroatoms. The van der Waals surface area contributed by atoms with Gasteiger partial charge in [0.2, 0.25) is 0 Å². The van der Waals surface area contributed by atoms with Gasteiger partial charge in [0.15, 0.2) is 5.96 Å². The van der Waals surface area contributed by atoms with Crippen LogP contribution in [-0.2, 0) is 16.0 Å². The van der Waals surface area contributed by atoms with Crippen molar-refractivity contribution >= 4 is 29.9 Å². The van der Waals surface area contributed by atoms with Gasteiger partial charge in [0.05, 0.1) is 32.1 Å². The van der Waals surface area contributed by atoms with E-state index in [1.165, 1.54) is 0 Å². The van der Waals surface area contributed by atoms with Crippen molar-refractivity contribution in [3.63, 3.8) is 0 Å². The molecule has 138 valence electrons. The first-order valence-electron chi connectivity index (χ1n) is 8.44. The normalized spacial score (nSPS) is 11.0. The van der Waals surface area contributed by atoms with Crippen molar-refractivity contribution in [1.82, 2.24) is 15.6 Å². The van der Waals surface area contributed by atoms with Crippen molar-refractivity contribution in [2.45, 2.75) is 33.2 Å². The first-order chi connectivity index (χ1) is 11.4. The van der Waals surface area contributed by atoms with Crippen LogP contribution in [0.5, 0.6) is 0 Å². The molecular weight excluding hydrogens is 419 g/mol. The van der Waals surface area contributed by atoms with Crippen LogP contribution in [0.25, 0.3) is 0 Å². The zero-order valence-electron chi connectivity index (χ0n) is 14.8. The standard InChI is InChI=1S/C17H30N4O2.HI/c1-3-5-11-22-13-14-23-12-10-20-17(18-4-2)21-15-16-8-6-7-9-19-16;/h6-9H,3-5,10-15H2,1-2H3,(H2,18,20,21);1H. The molecule has 24 heavy (non-hydrogen) atoms. The van der Waals surface area contributed by atoms with E-state index in [1.807, 2.05) is 25.1 Å². The van der Waals surface area contributed by atoms with Gasteiger partial charge in [0, 0.05) is 25.9 Å². The molecule has 0 aliphatic heterocycles. The molecule has 1 heterocycles. The number of hydrogen-bond donors (Lipinski definition) is 2. The van der Waals surface area contributed by atoms with Crippen LogP contribution in [0.15, 0.2) is 29.4 Å². The lowest BCUT2D eigenvalue weighted by molar-refractivity contribution is 0.0487. The summed E-state index contributed by atoms with van der Waals surface area (Å²) in [5.74, 6) is 0.779. The second-order valence-corrected chi connectivity index (χ2v) is 5.02. The van der Waals surface area contributed by atoms with Crippen LogP contribution >= 0.6 is 24.0 Å². The van der Waals surface area contributed by atoms with Gasteiger partial charge in [-0.05, 0) is 25.5 Å². The predicted octanol–water partition coefficient (Wildman–Crippen LogP) is 2.59. The summed E-state index contributed by atoms with van der Waals surface area (Å²) in [4.78, 5) is 8.76. The van der Waals surface area contributed by atoms with Crippen molar-refractivity contribution in [3.8, 4) is 0 Å². The Bertz CT molecular complexity index is 418. The second kappa shape index (κ2) is 16.9. The third kappa shape index (κ3) is 12.5. The lowest BCUT2D eigenvalue weighted by atomic mass is 10.3. The summed E-state index contributed by atoms with van der Waals surface area (Å²) in [7, 11) is 0. The Labute approximate surface area is 162 Å². The highest BCUT2D eigenvalue weighted by molar-refractivity contribution is 14.0. The molecule has 0 unspecified atom stereocenters. The Morgan fingerprint density at radius 2 is 1.88 bits per heavy atom. The predicted molar refractivity (Wildman–Crippen MR) is 109 cm³/mol. The first kappa shape index (κ1) is 23.1. The Kier molecular flexibility index (Phi) is 16.3. The van der Waals surface area contributed by atoms with Gasteiger partial charge in [0.1, 0.15) is 0 Å². The smallest absolute Gasteiger partial charge is 0.191 e. The van der Waals surface area contributed by atoms with Crippen LogP contribution in [0, 0.1) is 0 Å². The average molecular weight is 450 g/mol. The molecule has 0 aliphatic carbocycles. The van der Waals surface area contributed by atoms with E-state index in [-0.39, 0.29) is 24.0 Å². The number of aromatic nitrogens is 1. The highest BCUT2D eigenvalue weighted by Crippen LogP contribution is 1.95. The SMILES string of the molecule is CCCCOCCOCCNC(=NCc1ccccn1)NCC.I. The molecule has 0 saturated carbocycles. The maximum atomic E-state index is 5.52. The summed E-state index contributed by atoms with van der Waals surface area (Å²) < 4.78 is 11.0. The maximum absolute atomic E-state index is 5.52. The molecule has 0 fully saturated rings. The minimum Gasteiger partial charge on any atom is -0.379 e. The van der Waals surface area contributed by atoms with Gasteiger partial charge in [-0.2, -0.15) is 0 Å². The van der Waals surface area contributed by atoms with E-state index in [0.717, 1.165) is 37.6 Å². The van der Waals surface area contributed by atoms with Crippen LogP contribution in [0.2, 0.25) is 0 Å². The van der Waals surface area contributed by atoms with Crippen molar-refractivity contribution < 1.29 is 9.47 Å². The van der Waals surface area contributed by atoms with Crippen molar-refractivity contribution in [2.24, 2.45) is 4.99 Å². The summed E-state index contributed by atoms with van der Waals surface area (Å²) >= 11 is 0. The van der Waals surface area contributed by atoms with Gasteiger partial charge >= 0.3 is 0 Å². The number of pyridine rings is 1. The van der Waals surface area contributed by atoms with Gasteiger partial charge in [-0.3, -0.25) is 4.98 Å². The molecule has 0 spiro atoms. The fourth-order valence-electron chi connectivity index (χ4n) is 1.80. The van der Waals surface area contributed by atoms with E-state index in [4.69, 9.17) is 9.47 Å². The summed E-state index contributed by atoms with van der Waals surface area (Å²) in [6.07, 6.45) is 4.05. The molecule has 1 aromatic heterocycles.